The average Bonchev–Trinajstić information content (AvgIpc) is 2.54. The van der Waals surface area contributed by atoms with Crippen LogP contribution in [0.4, 0.5) is 11.5 Å². The predicted molar refractivity (Wildman–Crippen MR) is 87.8 cm³/mol. The molecule has 0 amide bonds. The fraction of sp³-hybridized carbons (Fsp3) is 0.0667. The van der Waals surface area contributed by atoms with E-state index in [1.165, 1.54) is 31.4 Å². The first-order valence-electron chi connectivity index (χ1n) is 6.69. The molecular weight excluding hydrogens is 316 g/mol. The summed E-state index contributed by atoms with van der Waals surface area (Å²) in [5.74, 6) is 0.130. The van der Waals surface area contributed by atoms with Gasteiger partial charge in [-0.25, -0.2) is 18.4 Å². The number of hydrogen-bond acceptors (Lipinski definition) is 6. The van der Waals surface area contributed by atoms with Gasteiger partial charge < -0.3 is 10.5 Å². The standard InChI is InChI=1S/C15H14N4O3S/c1-22-15-14(17-12-4-2-3-5-13(12)18-15)19-23(20,21)11-8-6-10(16)7-9-11/h2-9H,16H2,1H3,(H,17,19). The monoisotopic (exact) mass is 330 g/mol. The number of nitrogens with zero attached hydrogens (tertiary/aromatic N) is 2. The van der Waals surface area contributed by atoms with Crippen molar-refractivity contribution in [2.24, 2.45) is 0 Å². The van der Waals surface area contributed by atoms with Gasteiger partial charge in [0, 0.05) is 5.69 Å². The van der Waals surface area contributed by atoms with Gasteiger partial charge in [-0.1, -0.05) is 12.1 Å². The van der Waals surface area contributed by atoms with Crippen LogP contribution in [0.25, 0.3) is 11.0 Å². The zero-order valence-electron chi connectivity index (χ0n) is 12.2. The summed E-state index contributed by atoms with van der Waals surface area (Å²) >= 11 is 0. The van der Waals surface area contributed by atoms with Gasteiger partial charge in [-0.15, -0.1) is 0 Å². The van der Waals surface area contributed by atoms with E-state index in [9.17, 15) is 8.42 Å². The largest absolute Gasteiger partial charge is 0.478 e. The van der Waals surface area contributed by atoms with Crippen LogP contribution in [0, 0.1) is 0 Å². The number of hydrogen-bond donors (Lipinski definition) is 2. The van der Waals surface area contributed by atoms with Crippen molar-refractivity contribution >= 4 is 32.6 Å². The van der Waals surface area contributed by atoms with E-state index in [0.29, 0.717) is 16.7 Å². The zero-order valence-corrected chi connectivity index (χ0v) is 13.0. The highest BCUT2D eigenvalue weighted by molar-refractivity contribution is 7.92. The molecule has 0 aliphatic carbocycles. The van der Waals surface area contributed by atoms with Crippen LogP contribution in [0.15, 0.2) is 53.4 Å². The van der Waals surface area contributed by atoms with Gasteiger partial charge >= 0.3 is 0 Å². The molecule has 0 radical (unpaired) electrons. The molecule has 0 atom stereocenters. The number of methoxy groups -OCH3 is 1. The number of fused-ring (bicyclic) bond motifs is 1. The first kappa shape index (κ1) is 15.0. The highest BCUT2D eigenvalue weighted by Gasteiger charge is 2.19. The number of anilines is 2. The zero-order chi connectivity index (χ0) is 16.4. The number of nitrogens with one attached hydrogen (secondary N) is 1. The first-order valence-corrected chi connectivity index (χ1v) is 8.17. The maximum Gasteiger partial charge on any atom is 0.263 e. The molecule has 1 aromatic heterocycles. The van der Waals surface area contributed by atoms with Gasteiger partial charge in [0.05, 0.1) is 23.0 Å². The van der Waals surface area contributed by atoms with Crippen molar-refractivity contribution in [3.8, 4) is 5.88 Å². The minimum absolute atomic E-state index is 0.0306. The predicted octanol–water partition coefficient (Wildman–Crippen LogP) is 2.02. The lowest BCUT2D eigenvalue weighted by Crippen LogP contribution is -2.15. The Labute approximate surface area is 133 Å². The van der Waals surface area contributed by atoms with E-state index < -0.39 is 10.0 Å². The maximum absolute atomic E-state index is 12.4. The van der Waals surface area contributed by atoms with Gasteiger partial charge in [-0.2, -0.15) is 0 Å². The van der Waals surface area contributed by atoms with Gasteiger partial charge in [0.1, 0.15) is 0 Å². The van der Waals surface area contributed by atoms with E-state index in [1.54, 1.807) is 18.2 Å². The molecule has 3 aromatic rings. The average molecular weight is 330 g/mol. The second-order valence-corrected chi connectivity index (χ2v) is 6.43. The van der Waals surface area contributed by atoms with Gasteiger partial charge in [0.25, 0.3) is 15.9 Å². The van der Waals surface area contributed by atoms with Crippen LogP contribution in [0.1, 0.15) is 0 Å². The molecule has 3 N–H and O–H groups in total. The summed E-state index contributed by atoms with van der Waals surface area (Å²) in [5, 5.41) is 0. The molecule has 0 saturated carbocycles. The van der Waals surface area contributed by atoms with Crippen molar-refractivity contribution < 1.29 is 13.2 Å². The molecule has 118 valence electrons. The minimum Gasteiger partial charge on any atom is -0.478 e. The summed E-state index contributed by atoms with van der Waals surface area (Å²) < 4.78 is 32.4. The third-order valence-electron chi connectivity index (χ3n) is 3.15. The molecule has 0 saturated heterocycles. The molecule has 0 spiro atoms. The number of para-hydroxylation sites is 2. The molecule has 0 bridgehead atoms. The second kappa shape index (κ2) is 5.73. The lowest BCUT2D eigenvalue weighted by molar-refractivity contribution is 0.400. The summed E-state index contributed by atoms with van der Waals surface area (Å²) in [7, 11) is -2.42. The van der Waals surface area contributed by atoms with E-state index in [2.05, 4.69) is 14.7 Å². The minimum atomic E-state index is -3.82. The highest BCUT2D eigenvalue weighted by atomic mass is 32.2. The Hall–Kier alpha value is -2.87. The van der Waals surface area contributed by atoms with Crippen LogP contribution in [0.3, 0.4) is 0 Å². The molecule has 8 heteroatoms. The van der Waals surface area contributed by atoms with E-state index in [4.69, 9.17) is 10.5 Å². The van der Waals surface area contributed by atoms with Crippen LogP contribution in [0.2, 0.25) is 0 Å². The van der Waals surface area contributed by atoms with Crippen molar-refractivity contribution in [2.75, 3.05) is 17.6 Å². The summed E-state index contributed by atoms with van der Waals surface area (Å²) in [5.41, 5.74) is 7.22. The van der Waals surface area contributed by atoms with Crippen LogP contribution >= 0.6 is 0 Å². The Morgan fingerprint density at radius 2 is 1.61 bits per heavy atom. The first-order chi connectivity index (χ1) is 11.0. The molecule has 0 aliphatic heterocycles. The Morgan fingerprint density at radius 1 is 1.00 bits per heavy atom. The molecule has 23 heavy (non-hydrogen) atoms. The van der Waals surface area contributed by atoms with Crippen molar-refractivity contribution in [1.29, 1.82) is 0 Å². The van der Waals surface area contributed by atoms with Gasteiger partial charge in [0.2, 0.25) is 5.82 Å². The van der Waals surface area contributed by atoms with Crippen LogP contribution in [-0.4, -0.2) is 25.5 Å². The Balaban J connectivity index is 2.04. The van der Waals surface area contributed by atoms with E-state index in [0.717, 1.165) is 0 Å². The molecule has 0 aliphatic rings. The molecular formula is C15H14N4O3S. The summed E-state index contributed by atoms with van der Waals surface area (Å²) in [4.78, 5) is 8.60. The van der Waals surface area contributed by atoms with Crippen LogP contribution in [-0.2, 0) is 10.0 Å². The summed E-state index contributed by atoms with van der Waals surface area (Å²) in [6.07, 6.45) is 0. The maximum atomic E-state index is 12.4. The van der Waals surface area contributed by atoms with Crippen molar-refractivity contribution in [2.45, 2.75) is 4.90 Å². The number of rotatable bonds is 4. The number of aromatic nitrogens is 2. The van der Waals surface area contributed by atoms with Crippen molar-refractivity contribution in [3.63, 3.8) is 0 Å². The number of ether oxygens (including phenoxy) is 1. The molecule has 1 heterocycles. The lowest BCUT2D eigenvalue weighted by Gasteiger charge is -2.11. The molecule has 3 rings (SSSR count). The Kier molecular flexibility index (Phi) is 3.75. The summed E-state index contributed by atoms with van der Waals surface area (Å²) in [6, 6.07) is 13.0. The molecule has 0 fully saturated rings. The van der Waals surface area contributed by atoms with Gasteiger partial charge in [-0.05, 0) is 36.4 Å². The van der Waals surface area contributed by atoms with Crippen LogP contribution in [0.5, 0.6) is 5.88 Å². The van der Waals surface area contributed by atoms with E-state index in [1.807, 2.05) is 6.07 Å². The van der Waals surface area contributed by atoms with Gasteiger partial charge in [-0.3, -0.25) is 4.72 Å². The second-order valence-electron chi connectivity index (χ2n) is 4.74. The van der Waals surface area contributed by atoms with E-state index >= 15 is 0 Å². The SMILES string of the molecule is COc1nc2ccccc2nc1NS(=O)(=O)c1ccc(N)cc1. The third kappa shape index (κ3) is 3.02. The van der Waals surface area contributed by atoms with E-state index in [-0.39, 0.29) is 16.6 Å². The topological polar surface area (TPSA) is 107 Å². The fourth-order valence-electron chi connectivity index (χ4n) is 2.03. The smallest absolute Gasteiger partial charge is 0.263 e. The molecule has 7 nitrogen and oxygen atoms in total. The molecule has 2 aromatic carbocycles. The third-order valence-corrected chi connectivity index (χ3v) is 4.51. The van der Waals surface area contributed by atoms with Crippen LogP contribution < -0.4 is 15.2 Å². The van der Waals surface area contributed by atoms with Crippen molar-refractivity contribution in [1.82, 2.24) is 9.97 Å². The fourth-order valence-corrected chi connectivity index (χ4v) is 3.03. The number of nitrogens with two attached hydrogens (primary N) is 1. The summed E-state index contributed by atoms with van der Waals surface area (Å²) in [6.45, 7) is 0. The van der Waals surface area contributed by atoms with Crippen molar-refractivity contribution in [3.05, 3.63) is 48.5 Å². The number of nitrogen functional groups attached to an aromatic ring is 1. The quantitative estimate of drug-likeness (QED) is 0.709. The number of sulfonamides is 1. The normalized spacial score (nSPS) is 11.3. The Bertz CT molecular complexity index is 956. The lowest BCUT2D eigenvalue weighted by atomic mass is 10.3. The molecule has 0 unspecified atom stereocenters. The highest BCUT2D eigenvalue weighted by Crippen LogP contribution is 2.25. The van der Waals surface area contributed by atoms with Gasteiger partial charge in [0.15, 0.2) is 0 Å². The Morgan fingerprint density at radius 3 is 2.22 bits per heavy atom. The number of benzene rings is 2.